The maximum atomic E-state index is 11.5. The van der Waals surface area contributed by atoms with Crippen LogP contribution in [0.25, 0.3) is 11.2 Å². The zero-order valence-electron chi connectivity index (χ0n) is 13.2. The van der Waals surface area contributed by atoms with E-state index in [-0.39, 0.29) is 5.95 Å². The van der Waals surface area contributed by atoms with Crippen LogP contribution in [0.2, 0.25) is 5.02 Å². The van der Waals surface area contributed by atoms with Crippen LogP contribution in [0.15, 0.2) is 30.6 Å². The molecular formula is C15H16ClN7O. The Balaban J connectivity index is 2.14. The monoisotopic (exact) mass is 345 g/mol. The molecule has 0 saturated heterocycles. The molecule has 0 aliphatic heterocycles. The van der Waals surface area contributed by atoms with Crippen LogP contribution in [0.3, 0.4) is 0 Å². The minimum atomic E-state index is -0.648. The van der Waals surface area contributed by atoms with E-state index < -0.39 is 6.03 Å². The number of amides is 2. The van der Waals surface area contributed by atoms with Crippen LogP contribution in [0, 0.1) is 0 Å². The van der Waals surface area contributed by atoms with Gasteiger partial charge in [0, 0.05) is 24.3 Å². The fraction of sp³-hybridized carbons (Fsp3) is 0.200. The summed E-state index contributed by atoms with van der Waals surface area (Å²) >= 11 is 6.02. The number of benzene rings is 1. The SMILES string of the molecule is CCn1cnc2c(Nc3cccc(Cl)c3)nc(N(C)C(N)=O)nc21. The molecule has 0 saturated carbocycles. The van der Waals surface area contributed by atoms with Crippen molar-refractivity contribution < 1.29 is 4.79 Å². The van der Waals surface area contributed by atoms with Gasteiger partial charge in [0.2, 0.25) is 5.95 Å². The van der Waals surface area contributed by atoms with Crippen LogP contribution in [-0.4, -0.2) is 32.6 Å². The van der Waals surface area contributed by atoms with Gasteiger partial charge in [0.05, 0.1) is 6.33 Å². The molecule has 3 rings (SSSR count). The minimum absolute atomic E-state index is 0.190. The predicted octanol–water partition coefficient (Wildman–Crippen LogP) is 2.76. The molecule has 0 aliphatic carbocycles. The number of anilines is 3. The largest absolute Gasteiger partial charge is 0.351 e. The van der Waals surface area contributed by atoms with Crippen molar-refractivity contribution in [3.05, 3.63) is 35.6 Å². The third-order valence-corrected chi connectivity index (χ3v) is 3.75. The van der Waals surface area contributed by atoms with Crippen molar-refractivity contribution in [2.24, 2.45) is 5.73 Å². The van der Waals surface area contributed by atoms with E-state index in [2.05, 4.69) is 20.3 Å². The van der Waals surface area contributed by atoms with Gasteiger partial charge in [0.1, 0.15) is 0 Å². The smallest absolute Gasteiger partial charge is 0.321 e. The number of urea groups is 1. The maximum Gasteiger partial charge on any atom is 0.321 e. The van der Waals surface area contributed by atoms with E-state index in [0.29, 0.717) is 28.5 Å². The number of nitrogens with two attached hydrogens (primary N) is 1. The molecule has 24 heavy (non-hydrogen) atoms. The second kappa shape index (κ2) is 6.32. The lowest BCUT2D eigenvalue weighted by Gasteiger charge is -2.14. The third-order valence-electron chi connectivity index (χ3n) is 3.51. The number of halogens is 1. The van der Waals surface area contributed by atoms with Crippen LogP contribution >= 0.6 is 11.6 Å². The third kappa shape index (κ3) is 2.95. The summed E-state index contributed by atoms with van der Waals surface area (Å²) in [5.41, 5.74) is 7.29. The molecule has 3 aromatic rings. The number of aromatic nitrogens is 4. The van der Waals surface area contributed by atoms with Gasteiger partial charge in [-0.2, -0.15) is 9.97 Å². The second-order valence-corrected chi connectivity index (χ2v) is 5.54. The molecule has 0 radical (unpaired) electrons. The molecule has 124 valence electrons. The first-order valence-corrected chi connectivity index (χ1v) is 7.66. The van der Waals surface area contributed by atoms with Crippen LogP contribution in [0.4, 0.5) is 22.2 Å². The van der Waals surface area contributed by atoms with E-state index >= 15 is 0 Å². The number of aryl methyl sites for hydroxylation is 1. The summed E-state index contributed by atoms with van der Waals surface area (Å²) in [6.45, 7) is 2.66. The summed E-state index contributed by atoms with van der Waals surface area (Å²) in [4.78, 5) is 25.8. The minimum Gasteiger partial charge on any atom is -0.351 e. The van der Waals surface area contributed by atoms with Crippen molar-refractivity contribution in [1.82, 2.24) is 19.5 Å². The molecule has 0 fully saturated rings. The summed E-state index contributed by atoms with van der Waals surface area (Å²) in [5.74, 6) is 0.660. The molecule has 0 atom stereocenters. The fourth-order valence-electron chi connectivity index (χ4n) is 2.20. The molecule has 0 unspecified atom stereocenters. The second-order valence-electron chi connectivity index (χ2n) is 5.11. The van der Waals surface area contributed by atoms with Gasteiger partial charge in [0.15, 0.2) is 17.0 Å². The maximum absolute atomic E-state index is 11.5. The molecule has 2 aromatic heterocycles. The van der Waals surface area contributed by atoms with Crippen LogP contribution < -0.4 is 16.0 Å². The Morgan fingerprint density at radius 3 is 2.88 bits per heavy atom. The average Bonchev–Trinajstić information content (AvgIpc) is 2.97. The Hall–Kier alpha value is -2.87. The van der Waals surface area contributed by atoms with Crippen molar-refractivity contribution in [2.75, 3.05) is 17.3 Å². The molecule has 2 amide bonds. The van der Waals surface area contributed by atoms with Crippen LogP contribution in [0.5, 0.6) is 0 Å². The highest BCUT2D eigenvalue weighted by Gasteiger charge is 2.17. The van der Waals surface area contributed by atoms with Crippen molar-refractivity contribution in [2.45, 2.75) is 13.5 Å². The molecule has 0 bridgehead atoms. The Kier molecular flexibility index (Phi) is 4.22. The van der Waals surface area contributed by atoms with E-state index in [0.717, 1.165) is 5.69 Å². The number of nitrogens with one attached hydrogen (secondary N) is 1. The number of primary amides is 1. The highest BCUT2D eigenvalue weighted by atomic mass is 35.5. The van der Waals surface area contributed by atoms with E-state index in [1.807, 2.05) is 23.6 Å². The summed E-state index contributed by atoms with van der Waals surface area (Å²) in [5, 5.41) is 3.77. The Bertz CT molecular complexity index is 908. The summed E-state index contributed by atoms with van der Waals surface area (Å²) in [7, 11) is 1.51. The number of carbonyl (C=O) groups is 1. The number of hydrogen-bond acceptors (Lipinski definition) is 5. The Labute approximate surface area is 143 Å². The molecular weight excluding hydrogens is 330 g/mol. The van der Waals surface area contributed by atoms with Crippen molar-refractivity contribution in [3.63, 3.8) is 0 Å². The lowest BCUT2D eigenvalue weighted by Crippen LogP contribution is -2.33. The van der Waals surface area contributed by atoms with Gasteiger partial charge in [-0.3, -0.25) is 4.90 Å². The number of carbonyl (C=O) groups excluding carboxylic acids is 1. The lowest BCUT2D eigenvalue weighted by molar-refractivity contribution is 0.255. The highest BCUT2D eigenvalue weighted by Crippen LogP contribution is 2.26. The van der Waals surface area contributed by atoms with Gasteiger partial charge in [-0.05, 0) is 25.1 Å². The van der Waals surface area contributed by atoms with E-state index in [1.54, 1.807) is 18.5 Å². The predicted molar refractivity (Wildman–Crippen MR) is 93.7 cm³/mol. The number of nitrogens with zero attached hydrogens (tertiary/aromatic N) is 5. The molecule has 0 aliphatic rings. The van der Waals surface area contributed by atoms with Gasteiger partial charge >= 0.3 is 6.03 Å². The average molecular weight is 346 g/mol. The van der Waals surface area contributed by atoms with E-state index in [4.69, 9.17) is 17.3 Å². The molecule has 0 spiro atoms. The summed E-state index contributed by atoms with van der Waals surface area (Å²) in [6, 6.07) is 6.58. The zero-order chi connectivity index (χ0) is 17.3. The first kappa shape index (κ1) is 16.0. The number of hydrogen-bond donors (Lipinski definition) is 2. The zero-order valence-corrected chi connectivity index (χ0v) is 13.9. The standard InChI is InChI=1S/C15H16ClN7O/c1-3-23-8-18-11-12(19-10-6-4-5-9(16)7-10)20-15(21-13(11)23)22(2)14(17)24/h4-8H,3H2,1-2H3,(H2,17,24)(H,19,20,21). The van der Waals surface area contributed by atoms with E-state index in [9.17, 15) is 4.79 Å². The number of rotatable bonds is 4. The normalized spacial score (nSPS) is 10.8. The number of imidazole rings is 1. The summed E-state index contributed by atoms with van der Waals surface area (Å²) < 4.78 is 1.86. The van der Waals surface area contributed by atoms with Gasteiger partial charge in [0.25, 0.3) is 0 Å². The molecule has 3 N–H and O–H groups in total. The summed E-state index contributed by atoms with van der Waals surface area (Å²) in [6.07, 6.45) is 1.68. The molecule has 1 aromatic carbocycles. The van der Waals surface area contributed by atoms with Crippen LogP contribution in [-0.2, 0) is 6.54 Å². The van der Waals surface area contributed by atoms with Gasteiger partial charge in [-0.15, -0.1) is 0 Å². The van der Waals surface area contributed by atoms with Crippen molar-refractivity contribution in [1.29, 1.82) is 0 Å². The van der Waals surface area contributed by atoms with Crippen molar-refractivity contribution in [3.8, 4) is 0 Å². The molecule has 9 heteroatoms. The van der Waals surface area contributed by atoms with Crippen molar-refractivity contribution >= 4 is 46.2 Å². The molecule has 8 nitrogen and oxygen atoms in total. The Morgan fingerprint density at radius 1 is 1.42 bits per heavy atom. The molecule has 2 heterocycles. The highest BCUT2D eigenvalue weighted by molar-refractivity contribution is 6.30. The quantitative estimate of drug-likeness (QED) is 0.757. The number of fused-ring (bicyclic) bond motifs is 1. The fourth-order valence-corrected chi connectivity index (χ4v) is 2.39. The van der Waals surface area contributed by atoms with E-state index in [1.165, 1.54) is 11.9 Å². The first-order chi connectivity index (χ1) is 11.5. The van der Waals surface area contributed by atoms with Gasteiger partial charge < -0.3 is 15.6 Å². The van der Waals surface area contributed by atoms with Gasteiger partial charge in [-0.25, -0.2) is 9.78 Å². The van der Waals surface area contributed by atoms with Gasteiger partial charge in [-0.1, -0.05) is 17.7 Å². The lowest BCUT2D eigenvalue weighted by atomic mass is 10.3. The van der Waals surface area contributed by atoms with Crippen LogP contribution in [0.1, 0.15) is 6.92 Å². The topological polar surface area (TPSA) is 102 Å². The Morgan fingerprint density at radius 2 is 2.21 bits per heavy atom. The first-order valence-electron chi connectivity index (χ1n) is 7.28.